The monoisotopic (exact) mass is 222 g/mol. The van der Waals surface area contributed by atoms with E-state index in [-0.39, 0.29) is 6.61 Å². The van der Waals surface area contributed by atoms with Crippen molar-refractivity contribution >= 4 is 11.8 Å². The summed E-state index contributed by atoms with van der Waals surface area (Å²) in [4.78, 5) is 4.18. The summed E-state index contributed by atoms with van der Waals surface area (Å²) >= 11 is 1.42. The number of hydrogen-bond acceptors (Lipinski definition) is 5. The molecule has 0 saturated heterocycles. The molecule has 1 N–H and O–H groups in total. The van der Waals surface area contributed by atoms with Gasteiger partial charge in [0, 0.05) is 13.2 Å². The lowest BCUT2D eigenvalue weighted by Crippen LogP contribution is -1.97. The first-order valence-corrected chi connectivity index (χ1v) is 5.20. The largest absolute Gasteiger partial charge is 0.390 e. The molecule has 2 aromatic heterocycles. The molecule has 0 aliphatic rings. The van der Waals surface area contributed by atoms with Gasteiger partial charge in [-0.2, -0.15) is 5.10 Å². The van der Waals surface area contributed by atoms with Crippen molar-refractivity contribution in [1.29, 1.82) is 0 Å². The van der Waals surface area contributed by atoms with Gasteiger partial charge in [0.1, 0.15) is 5.03 Å². The first-order valence-electron chi connectivity index (χ1n) is 4.38. The molecule has 0 saturated carbocycles. The minimum atomic E-state index is -0.00940. The van der Waals surface area contributed by atoms with Crippen LogP contribution in [0.1, 0.15) is 5.69 Å². The highest BCUT2D eigenvalue weighted by atomic mass is 32.2. The van der Waals surface area contributed by atoms with Crippen molar-refractivity contribution in [3.8, 4) is 0 Å². The predicted octanol–water partition coefficient (Wildman–Crippen LogP) is 0.854. The summed E-state index contributed by atoms with van der Waals surface area (Å²) < 4.78 is 1.83. The van der Waals surface area contributed by atoms with Crippen LogP contribution in [0.2, 0.25) is 0 Å². The van der Waals surface area contributed by atoms with Crippen LogP contribution >= 0.6 is 11.8 Å². The maximum Gasteiger partial charge on any atom is 0.174 e. The van der Waals surface area contributed by atoms with E-state index in [0.717, 1.165) is 15.9 Å². The van der Waals surface area contributed by atoms with Gasteiger partial charge in [-0.25, -0.2) is 4.98 Å². The highest BCUT2D eigenvalue weighted by molar-refractivity contribution is 7.99. The smallest absolute Gasteiger partial charge is 0.174 e. The number of imidazole rings is 1. The Balaban J connectivity index is 2.21. The molecule has 0 atom stereocenters. The fourth-order valence-corrected chi connectivity index (χ4v) is 1.88. The van der Waals surface area contributed by atoms with E-state index in [4.69, 9.17) is 5.11 Å². The quantitative estimate of drug-likeness (QED) is 0.834. The molecule has 2 aromatic rings. The summed E-state index contributed by atoms with van der Waals surface area (Å²) in [5.74, 6) is 0. The van der Waals surface area contributed by atoms with Crippen molar-refractivity contribution in [3.63, 3.8) is 0 Å². The third-order valence-electron chi connectivity index (χ3n) is 1.95. The molecule has 5 nitrogen and oxygen atoms in total. The molecule has 6 heteroatoms. The number of hydrogen-bond donors (Lipinski definition) is 1. The van der Waals surface area contributed by atoms with Crippen molar-refractivity contribution in [1.82, 2.24) is 19.7 Å². The molecule has 0 bridgehead atoms. The van der Waals surface area contributed by atoms with Crippen LogP contribution < -0.4 is 0 Å². The molecular weight excluding hydrogens is 212 g/mol. The molecule has 0 aliphatic heterocycles. The van der Waals surface area contributed by atoms with Crippen LogP contribution in [0.4, 0.5) is 0 Å². The molecule has 0 aromatic carbocycles. The Bertz CT molecular complexity index is 443. The van der Waals surface area contributed by atoms with E-state index in [9.17, 15) is 0 Å². The van der Waals surface area contributed by atoms with Gasteiger partial charge < -0.3 is 9.67 Å². The third kappa shape index (κ3) is 2.16. The van der Waals surface area contributed by atoms with Gasteiger partial charge in [-0.3, -0.25) is 0 Å². The van der Waals surface area contributed by atoms with Crippen LogP contribution in [0.3, 0.4) is 0 Å². The Hall–Kier alpha value is -1.40. The summed E-state index contributed by atoms with van der Waals surface area (Å²) in [6.07, 6.45) is 3.28. The minimum absolute atomic E-state index is 0.00940. The Labute approximate surface area is 91.2 Å². The molecule has 0 spiro atoms. The van der Waals surface area contributed by atoms with Crippen molar-refractivity contribution < 1.29 is 5.11 Å². The highest BCUT2D eigenvalue weighted by Gasteiger charge is 2.07. The first-order chi connectivity index (χ1) is 7.31. The number of aliphatic hydroxyl groups is 1. The van der Waals surface area contributed by atoms with E-state index in [2.05, 4.69) is 15.2 Å². The predicted molar refractivity (Wildman–Crippen MR) is 55.3 cm³/mol. The summed E-state index contributed by atoms with van der Waals surface area (Å²) in [7, 11) is 1.86. The number of rotatable bonds is 3. The van der Waals surface area contributed by atoms with Crippen molar-refractivity contribution in [3.05, 3.63) is 30.2 Å². The van der Waals surface area contributed by atoms with Crippen molar-refractivity contribution in [2.75, 3.05) is 0 Å². The molecule has 0 fully saturated rings. The maximum atomic E-state index is 9.00. The van der Waals surface area contributed by atoms with Crippen molar-refractivity contribution in [2.24, 2.45) is 7.05 Å². The van der Waals surface area contributed by atoms with Gasteiger partial charge in [-0.1, -0.05) is 0 Å². The average molecular weight is 222 g/mol. The van der Waals surface area contributed by atoms with Crippen LogP contribution in [0.25, 0.3) is 0 Å². The second-order valence-electron chi connectivity index (χ2n) is 2.91. The minimum Gasteiger partial charge on any atom is -0.390 e. The zero-order valence-electron chi connectivity index (χ0n) is 8.16. The van der Waals surface area contributed by atoms with Crippen LogP contribution in [-0.4, -0.2) is 24.9 Å². The fourth-order valence-electron chi connectivity index (χ4n) is 1.10. The van der Waals surface area contributed by atoms with E-state index in [1.165, 1.54) is 11.8 Å². The molecular formula is C9H10N4OS. The third-order valence-corrected chi connectivity index (χ3v) is 2.94. The first kappa shape index (κ1) is 10.1. The maximum absolute atomic E-state index is 9.00. The molecule has 0 aliphatic carbocycles. The van der Waals surface area contributed by atoms with Crippen LogP contribution in [-0.2, 0) is 13.7 Å². The molecule has 2 heterocycles. The van der Waals surface area contributed by atoms with Gasteiger partial charge in [0.15, 0.2) is 5.16 Å². The SMILES string of the molecule is Cn1c(CO)cnc1Sc1cccnn1. The van der Waals surface area contributed by atoms with Crippen LogP contribution in [0.15, 0.2) is 34.7 Å². The second kappa shape index (κ2) is 4.41. The lowest BCUT2D eigenvalue weighted by Gasteiger charge is -2.02. The molecule has 0 radical (unpaired) electrons. The fraction of sp³-hybridized carbons (Fsp3) is 0.222. The normalized spacial score (nSPS) is 10.5. The molecule has 0 amide bonds. The summed E-state index contributed by atoms with van der Waals surface area (Å²) in [6, 6.07) is 3.69. The number of aliphatic hydroxyl groups excluding tert-OH is 1. The summed E-state index contributed by atoms with van der Waals surface area (Å²) in [5, 5.41) is 18.3. The Morgan fingerprint density at radius 1 is 1.53 bits per heavy atom. The lowest BCUT2D eigenvalue weighted by molar-refractivity contribution is 0.271. The molecule has 15 heavy (non-hydrogen) atoms. The second-order valence-corrected chi connectivity index (χ2v) is 3.90. The van der Waals surface area contributed by atoms with Crippen molar-refractivity contribution in [2.45, 2.75) is 16.8 Å². The number of aromatic nitrogens is 4. The van der Waals surface area contributed by atoms with Crippen LogP contribution in [0, 0.1) is 0 Å². The summed E-state index contributed by atoms with van der Waals surface area (Å²) in [5.41, 5.74) is 0.779. The Kier molecular flexibility index (Phi) is 2.98. The Morgan fingerprint density at radius 2 is 2.40 bits per heavy atom. The Morgan fingerprint density at radius 3 is 3.00 bits per heavy atom. The highest BCUT2D eigenvalue weighted by Crippen LogP contribution is 2.23. The molecule has 78 valence electrons. The lowest BCUT2D eigenvalue weighted by atomic mass is 10.5. The standard InChI is InChI=1S/C9H10N4OS/c1-13-7(6-14)5-10-9(13)15-8-3-2-4-11-12-8/h2-5,14H,6H2,1H3. The zero-order chi connectivity index (χ0) is 10.7. The average Bonchev–Trinajstić information content (AvgIpc) is 2.62. The van der Waals surface area contributed by atoms with Gasteiger partial charge in [-0.15, -0.1) is 5.10 Å². The van der Waals surface area contributed by atoms with Gasteiger partial charge in [-0.05, 0) is 23.9 Å². The topological polar surface area (TPSA) is 63.8 Å². The van der Waals surface area contributed by atoms with E-state index in [0.29, 0.717) is 0 Å². The molecule has 2 rings (SSSR count). The molecule has 0 unspecified atom stereocenters. The number of nitrogens with zero attached hydrogens (tertiary/aromatic N) is 4. The van der Waals surface area contributed by atoms with E-state index < -0.39 is 0 Å². The van der Waals surface area contributed by atoms with E-state index >= 15 is 0 Å². The van der Waals surface area contributed by atoms with Gasteiger partial charge in [0.25, 0.3) is 0 Å². The zero-order valence-corrected chi connectivity index (χ0v) is 8.98. The van der Waals surface area contributed by atoms with Gasteiger partial charge >= 0.3 is 0 Å². The van der Waals surface area contributed by atoms with E-state index in [1.54, 1.807) is 12.4 Å². The van der Waals surface area contributed by atoms with Gasteiger partial charge in [0.2, 0.25) is 0 Å². The summed E-state index contributed by atoms with van der Waals surface area (Å²) in [6.45, 7) is -0.00940. The van der Waals surface area contributed by atoms with E-state index in [1.807, 2.05) is 23.7 Å². The van der Waals surface area contributed by atoms with Crippen LogP contribution in [0.5, 0.6) is 0 Å². The van der Waals surface area contributed by atoms with Gasteiger partial charge in [0.05, 0.1) is 18.5 Å².